The maximum absolute atomic E-state index is 10.9. The lowest BCUT2D eigenvalue weighted by molar-refractivity contribution is -0.105. The van der Waals surface area contributed by atoms with Gasteiger partial charge in [-0.25, -0.2) is 0 Å². The van der Waals surface area contributed by atoms with Crippen LogP contribution in [0.15, 0.2) is 12.7 Å². The van der Waals surface area contributed by atoms with Crippen LogP contribution in [0.1, 0.15) is 47.0 Å². The minimum atomic E-state index is -0.520. The van der Waals surface area contributed by atoms with E-state index in [9.17, 15) is 5.11 Å². The molecule has 1 saturated carbocycles. The first kappa shape index (κ1) is 12.8. The Morgan fingerprint density at radius 1 is 1.33 bits per heavy atom. The zero-order valence-electron chi connectivity index (χ0n) is 10.7. The fourth-order valence-corrected chi connectivity index (χ4v) is 3.16. The lowest BCUT2D eigenvalue weighted by Crippen LogP contribution is -2.49. The number of hydrogen-bond acceptors (Lipinski definition) is 1. The molecule has 0 aromatic heterocycles. The minimum absolute atomic E-state index is 0.202. The second-order valence-electron chi connectivity index (χ2n) is 5.75. The Morgan fingerprint density at radius 3 is 2.40 bits per heavy atom. The van der Waals surface area contributed by atoms with Crippen LogP contribution >= 0.6 is 0 Å². The van der Waals surface area contributed by atoms with Crippen LogP contribution in [-0.4, -0.2) is 10.7 Å². The Morgan fingerprint density at radius 2 is 1.93 bits per heavy atom. The van der Waals surface area contributed by atoms with E-state index in [1.165, 1.54) is 6.42 Å². The monoisotopic (exact) mass is 210 g/mol. The summed E-state index contributed by atoms with van der Waals surface area (Å²) in [5.74, 6) is 1.84. The van der Waals surface area contributed by atoms with Gasteiger partial charge in [0.2, 0.25) is 0 Å². The average Bonchev–Trinajstić information content (AvgIpc) is 2.15. The quantitative estimate of drug-likeness (QED) is 0.705. The molecule has 0 spiro atoms. The lowest BCUT2D eigenvalue weighted by Gasteiger charge is -2.47. The summed E-state index contributed by atoms with van der Waals surface area (Å²) in [7, 11) is 0. The highest BCUT2D eigenvalue weighted by molar-refractivity contribution is 5.01. The first-order valence-electron chi connectivity index (χ1n) is 6.26. The van der Waals surface area contributed by atoms with Gasteiger partial charge >= 0.3 is 0 Å². The normalized spacial score (nSPS) is 39.1. The number of hydrogen-bond donors (Lipinski definition) is 1. The molecule has 4 atom stereocenters. The van der Waals surface area contributed by atoms with Crippen LogP contribution in [0.4, 0.5) is 0 Å². The molecule has 1 aliphatic carbocycles. The van der Waals surface area contributed by atoms with Gasteiger partial charge in [0.25, 0.3) is 0 Å². The van der Waals surface area contributed by atoms with Gasteiger partial charge in [-0.2, -0.15) is 0 Å². The van der Waals surface area contributed by atoms with E-state index in [1.54, 1.807) is 0 Å². The Bertz CT molecular complexity index is 221. The fourth-order valence-electron chi connectivity index (χ4n) is 3.16. The van der Waals surface area contributed by atoms with Gasteiger partial charge in [-0.3, -0.25) is 0 Å². The highest BCUT2D eigenvalue weighted by Crippen LogP contribution is 2.45. The van der Waals surface area contributed by atoms with E-state index < -0.39 is 5.60 Å². The van der Waals surface area contributed by atoms with E-state index >= 15 is 0 Å². The Kier molecular flexibility index (Phi) is 3.99. The van der Waals surface area contributed by atoms with Crippen molar-refractivity contribution >= 4 is 0 Å². The van der Waals surface area contributed by atoms with Crippen molar-refractivity contribution in [1.82, 2.24) is 0 Å². The molecule has 1 N–H and O–H groups in total. The first-order valence-corrected chi connectivity index (χ1v) is 6.26. The van der Waals surface area contributed by atoms with Crippen molar-refractivity contribution in [2.75, 3.05) is 0 Å². The maximum Gasteiger partial charge on any atom is 0.0740 e. The summed E-state index contributed by atoms with van der Waals surface area (Å²) >= 11 is 0. The van der Waals surface area contributed by atoms with Crippen LogP contribution in [0.5, 0.6) is 0 Å². The van der Waals surface area contributed by atoms with Gasteiger partial charge in [-0.1, -0.05) is 40.2 Å². The molecular formula is C14H26O. The van der Waals surface area contributed by atoms with E-state index in [1.807, 2.05) is 6.08 Å². The van der Waals surface area contributed by atoms with Crippen molar-refractivity contribution in [2.45, 2.75) is 52.6 Å². The van der Waals surface area contributed by atoms with Crippen molar-refractivity contribution in [3.8, 4) is 0 Å². The van der Waals surface area contributed by atoms with Gasteiger partial charge in [0, 0.05) is 5.92 Å². The maximum atomic E-state index is 10.9. The number of aliphatic hydroxyl groups is 1. The SMILES string of the molecule is C=C[C@@H](C)[C@@]1(O)C[C@H](C)CC[C@@H]1C(C)C. The highest BCUT2D eigenvalue weighted by atomic mass is 16.3. The van der Waals surface area contributed by atoms with Crippen molar-refractivity contribution in [3.63, 3.8) is 0 Å². The van der Waals surface area contributed by atoms with Gasteiger partial charge in [0.1, 0.15) is 0 Å². The summed E-state index contributed by atoms with van der Waals surface area (Å²) in [6.07, 6.45) is 5.26. The zero-order chi connectivity index (χ0) is 11.6. The van der Waals surface area contributed by atoms with Gasteiger partial charge in [0.05, 0.1) is 5.60 Å². The molecule has 0 radical (unpaired) electrons. The molecule has 1 heteroatoms. The topological polar surface area (TPSA) is 20.2 Å². The van der Waals surface area contributed by atoms with Crippen molar-refractivity contribution in [3.05, 3.63) is 12.7 Å². The molecular weight excluding hydrogens is 184 g/mol. The zero-order valence-corrected chi connectivity index (χ0v) is 10.7. The molecule has 0 aromatic rings. The fraction of sp³-hybridized carbons (Fsp3) is 0.857. The molecule has 1 rings (SSSR count). The van der Waals surface area contributed by atoms with Crippen LogP contribution in [0.25, 0.3) is 0 Å². The van der Waals surface area contributed by atoms with E-state index in [0.29, 0.717) is 17.8 Å². The molecule has 1 nitrogen and oxygen atoms in total. The van der Waals surface area contributed by atoms with Crippen LogP contribution < -0.4 is 0 Å². The molecule has 0 aliphatic heterocycles. The molecule has 88 valence electrons. The Hall–Kier alpha value is -0.300. The van der Waals surface area contributed by atoms with Crippen LogP contribution in [0.3, 0.4) is 0 Å². The molecule has 1 aliphatic rings. The molecule has 15 heavy (non-hydrogen) atoms. The third kappa shape index (κ3) is 2.44. The molecule has 0 aromatic carbocycles. The molecule has 0 saturated heterocycles. The van der Waals surface area contributed by atoms with Crippen molar-refractivity contribution in [1.29, 1.82) is 0 Å². The van der Waals surface area contributed by atoms with Crippen LogP contribution in [0, 0.1) is 23.7 Å². The summed E-state index contributed by atoms with van der Waals surface area (Å²) in [6.45, 7) is 12.6. The van der Waals surface area contributed by atoms with Gasteiger partial charge in [0.15, 0.2) is 0 Å². The average molecular weight is 210 g/mol. The summed E-state index contributed by atoms with van der Waals surface area (Å²) in [6, 6.07) is 0. The molecule has 1 fully saturated rings. The summed E-state index contributed by atoms with van der Waals surface area (Å²) in [5.41, 5.74) is -0.520. The third-order valence-corrected chi connectivity index (χ3v) is 4.23. The van der Waals surface area contributed by atoms with Crippen LogP contribution in [0.2, 0.25) is 0 Å². The Labute approximate surface area is 94.6 Å². The van der Waals surface area contributed by atoms with Gasteiger partial charge in [-0.05, 0) is 30.6 Å². The number of rotatable bonds is 3. The first-order chi connectivity index (χ1) is 6.91. The van der Waals surface area contributed by atoms with E-state index in [2.05, 4.69) is 34.3 Å². The van der Waals surface area contributed by atoms with E-state index in [-0.39, 0.29) is 5.92 Å². The predicted octanol–water partition coefficient (Wildman–Crippen LogP) is 3.63. The standard InChI is InChI=1S/C14H26O/c1-6-12(5)14(15)9-11(4)7-8-13(14)10(2)3/h6,10-13,15H,1,7-9H2,2-5H3/t11-,12-,13-,14+/m1/s1. The van der Waals surface area contributed by atoms with Crippen molar-refractivity contribution < 1.29 is 5.11 Å². The Balaban J connectivity index is 2.90. The largest absolute Gasteiger partial charge is 0.389 e. The second-order valence-corrected chi connectivity index (χ2v) is 5.75. The van der Waals surface area contributed by atoms with E-state index in [4.69, 9.17) is 0 Å². The van der Waals surface area contributed by atoms with Crippen molar-refractivity contribution in [2.24, 2.45) is 23.7 Å². The smallest absolute Gasteiger partial charge is 0.0740 e. The van der Waals surface area contributed by atoms with E-state index in [0.717, 1.165) is 12.8 Å². The minimum Gasteiger partial charge on any atom is -0.389 e. The highest BCUT2D eigenvalue weighted by Gasteiger charge is 2.45. The van der Waals surface area contributed by atoms with Gasteiger partial charge < -0.3 is 5.11 Å². The molecule has 0 bridgehead atoms. The third-order valence-electron chi connectivity index (χ3n) is 4.23. The molecule has 0 heterocycles. The summed E-state index contributed by atoms with van der Waals surface area (Å²) in [5, 5.41) is 10.9. The van der Waals surface area contributed by atoms with Crippen LogP contribution in [-0.2, 0) is 0 Å². The predicted molar refractivity (Wildman–Crippen MR) is 65.7 cm³/mol. The summed E-state index contributed by atoms with van der Waals surface area (Å²) < 4.78 is 0. The molecule has 0 amide bonds. The lowest BCUT2D eigenvalue weighted by atomic mass is 9.62. The second kappa shape index (κ2) is 4.69. The van der Waals surface area contributed by atoms with Gasteiger partial charge in [-0.15, -0.1) is 6.58 Å². The summed E-state index contributed by atoms with van der Waals surface area (Å²) in [4.78, 5) is 0. The molecule has 0 unspecified atom stereocenters.